The smallest absolute Gasteiger partial charge is 0.271 e. The molecular weight excluding hydrogens is 444 g/mol. The average Bonchev–Trinajstić information content (AvgIpc) is 3.38. The Hall–Kier alpha value is -3.77. The first-order valence-electron chi connectivity index (χ1n) is 10.2. The summed E-state index contributed by atoms with van der Waals surface area (Å²) in [6.07, 6.45) is 1.59. The van der Waals surface area contributed by atoms with E-state index in [4.69, 9.17) is 4.42 Å². The number of hydrogen-bond acceptors (Lipinski definition) is 7. The molecule has 168 valence electrons. The van der Waals surface area contributed by atoms with E-state index in [1.54, 1.807) is 36.4 Å². The second-order valence-electron chi connectivity index (χ2n) is 8.04. The van der Waals surface area contributed by atoms with Crippen molar-refractivity contribution in [3.8, 4) is 17.4 Å². The lowest BCUT2D eigenvalue weighted by atomic mass is 9.93. The van der Waals surface area contributed by atoms with Crippen molar-refractivity contribution in [1.82, 2.24) is 4.90 Å². The van der Waals surface area contributed by atoms with Gasteiger partial charge in [0.15, 0.2) is 15.6 Å². The molecule has 1 aromatic carbocycles. The third-order valence-electron chi connectivity index (χ3n) is 5.84. The van der Waals surface area contributed by atoms with Crippen LogP contribution in [0.15, 0.2) is 57.5 Å². The Morgan fingerprint density at radius 1 is 1.15 bits per heavy atom. The third-order valence-corrected chi connectivity index (χ3v) is 7.59. The van der Waals surface area contributed by atoms with Gasteiger partial charge in [-0.2, -0.15) is 5.26 Å². The molecule has 2 aromatic rings. The number of benzene rings is 1. The highest BCUT2D eigenvalue weighted by Crippen LogP contribution is 2.32. The summed E-state index contributed by atoms with van der Waals surface area (Å²) in [7, 11) is -3.35. The summed E-state index contributed by atoms with van der Waals surface area (Å²) in [6, 6.07) is 11.3. The van der Waals surface area contributed by atoms with Crippen LogP contribution in [0.3, 0.4) is 0 Å². The molecular formula is C24H20N2O6S. The van der Waals surface area contributed by atoms with Gasteiger partial charge in [0.05, 0.1) is 17.5 Å². The second kappa shape index (κ2) is 8.30. The Morgan fingerprint density at radius 2 is 1.85 bits per heavy atom. The molecule has 0 saturated carbocycles. The van der Waals surface area contributed by atoms with E-state index in [9.17, 15) is 28.1 Å². The van der Waals surface area contributed by atoms with Gasteiger partial charge < -0.3 is 4.42 Å². The van der Waals surface area contributed by atoms with Crippen molar-refractivity contribution < 1.29 is 27.2 Å². The van der Waals surface area contributed by atoms with Gasteiger partial charge in [0.1, 0.15) is 23.2 Å². The number of hydrogen-bond donors (Lipinski definition) is 0. The fourth-order valence-corrected chi connectivity index (χ4v) is 5.71. The molecule has 33 heavy (non-hydrogen) atoms. The van der Waals surface area contributed by atoms with Gasteiger partial charge in [-0.3, -0.25) is 19.3 Å². The minimum atomic E-state index is -3.35. The van der Waals surface area contributed by atoms with Crippen molar-refractivity contribution >= 4 is 33.5 Å². The van der Waals surface area contributed by atoms with Gasteiger partial charge in [0.25, 0.3) is 11.8 Å². The number of Topliss-reactive ketones (excluding diaryl/α,β-unsaturated/α-hetero) is 1. The molecule has 2 amide bonds. The fraction of sp³-hybridized carbons (Fsp3) is 0.250. The molecule has 0 radical (unpaired) electrons. The maximum absolute atomic E-state index is 13.2. The van der Waals surface area contributed by atoms with Crippen molar-refractivity contribution in [1.29, 1.82) is 5.26 Å². The van der Waals surface area contributed by atoms with Gasteiger partial charge in [-0.1, -0.05) is 24.3 Å². The van der Waals surface area contributed by atoms with E-state index >= 15 is 0 Å². The van der Waals surface area contributed by atoms with Crippen LogP contribution in [0.4, 0.5) is 0 Å². The number of rotatable bonds is 4. The molecule has 1 saturated heterocycles. The summed E-state index contributed by atoms with van der Waals surface area (Å²) in [6.45, 7) is 2.99. The van der Waals surface area contributed by atoms with Gasteiger partial charge in [-0.25, -0.2) is 8.42 Å². The Kier molecular flexibility index (Phi) is 5.64. The lowest BCUT2D eigenvalue weighted by molar-refractivity contribution is -0.142. The molecule has 9 heteroatoms. The zero-order valence-corrected chi connectivity index (χ0v) is 18.8. The second-order valence-corrected chi connectivity index (χ2v) is 10.3. The van der Waals surface area contributed by atoms with Gasteiger partial charge in [-0.15, -0.1) is 0 Å². The molecule has 4 rings (SSSR count). The number of ketones is 1. The first-order chi connectivity index (χ1) is 15.6. The molecule has 0 bridgehead atoms. The fourth-order valence-electron chi connectivity index (χ4n) is 4.01. The molecule has 1 atom stereocenters. The Balaban J connectivity index is 1.70. The van der Waals surface area contributed by atoms with Crippen LogP contribution in [0.25, 0.3) is 17.4 Å². The molecule has 0 spiro atoms. The highest BCUT2D eigenvalue weighted by molar-refractivity contribution is 7.91. The Bertz CT molecular complexity index is 1390. The third kappa shape index (κ3) is 4.17. The quantitative estimate of drug-likeness (QED) is 0.387. The maximum Gasteiger partial charge on any atom is 0.271 e. The first kappa shape index (κ1) is 22.4. The largest absolute Gasteiger partial charge is 0.457 e. The lowest BCUT2D eigenvalue weighted by Gasteiger charge is -2.31. The van der Waals surface area contributed by atoms with E-state index in [0.29, 0.717) is 17.1 Å². The van der Waals surface area contributed by atoms with Gasteiger partial charge >= 0.3 is 0 Å². The zero-order chi connectivity index (χ0) is 23.9. The highest BCUT2D eigenvalue weighted by atomic mass is 32.2. The normalized spacial score (nSPS) is 21.5. The standard InChI is InChI=1S/C24H20N2O6S/c1-14-20(11-19-7-8-22(32-19)17-5-3-16(4-6-17)15(2)27)23(28)26(24(29)21(14)12-25)18-9-10-33(30,31)13-18/h3-8,11,18H,9-10,13H2,1-2H3/b20-11-. The van der Waals surface area contributed by atoms with Crippen LogP contribution in [-0.2, 0) is 19.4 Å². The van der Waals surface area contributed by atoms with Crippen LogP contribution in [0, 0.1) is 11.3 Å². The molecule has 2 aliphatic rings. The monoisotopic (exact) mass is 464 g/mol. The minimum absolute atomic E-state index is 0.0491. The number of imide groups is 1. The number of furan rings is 1. The SMILES string of the molecule is CC(=O)c1ccc(-c2ccc(/C=C3\C(=O)N(C4CCS(=O)(=O)C4)C(=O)C(C#N)=C3C)o2)cc1. The van der Waals surface area contributed by atoms with Crippen LogP contribution in [-0.4, -0.2) is 48.5 Å². The topological polar surface area (TPSA) is 126 Å². The summed E-state index contributed by atoms with van der Waals surface area (Å²) in [5, 5.41) is 9.52. The van der Waals surface area contributed by atoms with E-state index < -0.39 is 27.7 Å². The Labute approximate surface area is 190 Å². The number of amides is 2. The maximum atomic E-state index is 13.2. The van der Waals surface area contributed by atoms with Crippen LogP contribution in [0.1, 0.15) is 36.4 Å². The summed E-state index contributed by atoms with van der Waals surface area (Å²) in [4.78, 5) is 38.4. The van der Waals surface area contributed by atoms with Crippen LogP contribution < -0.4 is 0 Å². The predicted octanol–water partition coefficient (Wildman–Crippen LogP) is 2.93. The van der Waals surface area contributed by atoms with E-state index in [-0.39, 0.29) is 40.4 Å². The number of carbonyl (C=O) groups excluding carboxylic acids is 3. The molecule has 0 aliphatic carbocycles. The summed E-state index contributed by atoms with van der Waals surface area (Å²) in [5.41, 5.74) is 1.43. The molecule has 1 aromatic heterocycles. The number of sulfone groups is 1. The Morgan fingerprint density at radius 3 is 2.42 bits per heavy atom. The summed E-state index contributed by atoms with van der Waals surface area (Å²) >= 11 is 0. The minimum Gasteiger partial charge on any atom is -0.457 e. The molecule has 3 heterocycles. The first-order valence-corrected chi connectivity index (χ1v) is 12.1. The number of carbonyl (C=O) groups is 3. The van der Waals surface area contributed by atoms with Crippen LogP contribution in [0.5, 0.6) is 0 Å². The molecule has 0 N–H and O–H groups in total. The van der Waals surface area contributed by atoms with Crippen molar-refractivity contribution in [3.05, 3.63) is 64.4 Å². The molecule has 1 unspecified atom stereocenters. The average molecular weight is 464 g/mol. The van der Waals surface area contributed by atoms with Crippen molar-refractivity contribution in [2.45, 2.75) is 26.3 Å². The van der Waals surface area contributed by atoms with Gasteiger partial charge in [0.2, 0.25) is 0 Å². The van der Waals surface area contributed by atoms with E-state index in [2.05, 4.69) is 0 Å². The van der Waals surface area contributed by atoms with Crippen molar-refractivity contribution in [3.63, 3.8) is 0 Å². The molecule has 2 aliphatic heterocycles. The molecule has 8 nitrogen and oxygen atoms in total. The number of nitriles is 1. The van der Waals surface area contributed by atoms with E-state index in [0.717, 1.165) is 10.5 Å². The highest BCUT2D eigenvalue weighted by Gasteiger charge is 2.43. The van der Waals surface area contributed by atoms with Crippen LogP contribution in [0.2, 0.25) is 0 Å². The number of nitrogens with zero attached hydrogens (tertiary/aromatic N) is 2. The summed E-state index contributed by atoms with van der Waals surface area (Å²) in [5.74, 6) is -1.05. The predicted molar refractivity (Wildman–Crippen MR) is 119 cm³/mol. The zero-order valence-electron chi connectivity index (χ0n) is 18.0. The van der Waals surface area contributed by atoms with E-state index in [1.165, 1.54) is 19.9 Å². The van der Waals surface area contributed by atoms with Crippen molar-refractivity contribution in [2.24, 2.45) is 0 Å². The molecule has 1 fully saturated rings. The lowest BCUT2D eigenvalue weighted by Crippen LogP contribution is -2.49. The van der Waals surface area contributed by atoms with E-state index in [1.807, 2.05) is 6.07 Å². The van der Waals surface area contributed by atoms with Gasteiger partial charge in [0, 0.05) is 16.7 Å². The van der Waals surface area contributed by atoms with Crippen molar-refractivity contribution in [2.75, 3.05) is 11.5 Å². The van der Waals surface area contributed by atoms with Crippen LogP contribution >= 0.6 is 0 Å². The summed E-state index contributed by atoms with van der Waals surface area (Å²) < 4.78 is 29.7. The van der Waals surface area contributed by atoms with Gasteiger partial charge in [-0.05, 0) is 44.1 Å².